The molecule has 0 aliphatic carbocycles. The number of amides is 2. The van der Waals surface area contributed by atoms with Gasteiger partial charge in [0.15, 0.2) is 11.6 Å². The van der Waals surface area contributed by atoms with Gasteiger partial charge in [0.1, 0.15) is 23.6 Å². The highest BCUT2D eigenvalue weighted by atomic mass is 19.1. The van der Waals surface area contributed by atoms with Crippen LogP contribution in [0.3, 0.4) is 0 Å². The minimum absolute atomic E-state index is 0.00457. The number of carbonyl (C=O) groups excluding carboxylic acids is 2. The first kappa shape index (κ1) is 20.0. The van der Waals surface area contributed by atoms with Crippen molar-refractivity contribution in [1.82, 2.24) is 15.0 Å². The number of nitrogens with zero attached hydrogens (tertiary/aromatic N) is 2. The van der Waals surface area contributed by atoms with Crippen molar-refractivity contribution in [2.24, 2.45) is 0 Å². The van der Waals surface area contributed by atoms with E-state index in [4.69, 9.17) is 4.74 Å². The molecule has 0 saturated heterocycles. The van der Waals surface area contributed by atoms with E-state index in [1.165, 1.54) is 12.1 Å². The number of hydrogen-bond donors (Lipinski definition) is 3. The summed E-state index contributed by atoms with van der Waals surface area (Å²) in [5.74, 6) is -0.930. The summed E-state index contributed by atoms with van der Waals surface area (Å²) in [6.07, 6.45) is 4.38. The molecule has 1 aromatic carbocycles. The topological polar surface area (TPSA) is 109 Å². The summed E-state index contributed by atoms with van der Waals surface area (Å²) in [7, 11) is 0. The Kier molecular flexibility index (Phi) is 5.57. The molecule has 0 spiro atoms. The van der Waals surface area contributed by atoms with Crippen molar-refractivity contribution in [3.63, 3.8) is 0 Å². The smallest absolute Gasteiger partial charge is 0.234 e. The fraction of sp³-hybridized carbons (Fsp3) is 0.0909. The van der Waals surface area contributed by atoms with Crippen molar-refractivity contribution in [3.8, 4) is 11.5 Å². The summed E-state index contributed by atoms with van der Waals surface area (Å²) in [6.45, 7) is 1.79. The minimum atomic E-state index is -0.660. The molecule has 3 aromatic heterocycles. The van der Waals surface area contributed by atoms with Crippen molar-refractivity contribution in [2.75, 3.05) is 10.6 Å². The molecule has 0 aliphatic heterocycles. The third kappa shape index (κ3) is 4.67. The van der Waals surface area contributed by atoms with Gasteiger partial charge in [-0.3, -0.25) is 9.59 Å². The zero-order valence-electron chi connectivity index (χ0n) is 16.5. The van der Waals surface area contributed by atoms with Crippen LogP contribution in [-0.4, -0.2) is 26.8 Å². The van der Waals surface area contributed by atoms with Gasteiger partial charge >= 0.3 is 0 Å². The second-order valence-corrected chi connectivity index (χ2v) is 6.74. The molecule has 0 unspecified atom stereocenters. The molecule has 8 nitrogen and oxygen atoms in total. The lowest BCUT2D eigenvalue weighted by Crippen LogP contribution is -2.22. The van der Waals surface area contributed by atoms with Crippen LogP contribution in [0, 0.1) is 12.7 Å². The van der Waals surface area contributed by atoms with E-state index >= 15 is 0 Å². The Morgan fingerprint density at radius 1 is 1.03 bits per heavy atom. The summed E-state index contributed by atoms with van der Waals surface area (Å²) >= 11 is 0. The molecule has 0 aliphatic rings. The number of ether oxygens (including phenoxy) is 1. The van der Waals surface area contributed by atoms with Crippen molar-refractivity contribution >= 4 is 34.4 Å². The molecule has 0 saturated carbocycles. The largest absolute Gasteiger partial charge is 0.453 e. The lowest BCUT2D eigenvalue weighted by molar-refractivity contribution is -0.123. The predicted octanol–water partition coefficient (Wildman–Crippen LogP) is 4.17. The fourth-order valence-electron chi connectivity index (χ4n) is 2.95. The highest BCUT2D eigenvalue weighted by Crippen LogP contribution is 2.31. The van der Waals surface area contributed by atoms with Gasteiger partial charge in [-0.05, 0) is 42.8 Å². The van der Waals surface area contributed by atoms with Crippen LogP contribution < -0.4 is 15.4 Å². The number of nitrogens with one attached hydrogen (secondary N) is 3. The molecule has 4 rings (SSSR count). The number of hydrogen-bond acceptors (Lipinski definition) is 5. The van der Waals surface area contributed by atoms with Crippen molar-refractivity contribution < 1.29 is 18.7 Å². The number of carbonyl (C=O) groups is 2. The molecule has 4 aromatic rings. The Balaban J connectivity index is 1.39. The standard InChI is InChI=1S/C22H18FN5O3/c1-13-3-2-8-24-21(13)28-20(30)12-19(29)27-14-4-5-18(16(23)11-14)31-17-7-10-26-22-15(17)6-9-25-22/h2-11H,12H2,1H3,(H,25,26)(H,27,29)(H,24,28,30). The first-order valence-electron chi connectivity index (χ1n) is 9.40. The lowest BCUT2D eigenvalue weighted by atomic mass is 10.2. The molecule has 156 valence electrons. The lowest BCUT2D eigenvalue weighted by Gasteiger charge is -2.10. The average molecular weight is 419 g/mol. The Bertz CT molecular complexity index is 1270. The zero-order valence-corrected chi connectivity index (χ0v) is 16.5. The molecular formula is C22H18FN5O3. The maximum Gasteiger partial charge on any atom is 0.234 e. The number of benzene rings is 1. The van der Waals surface area contributed by atoms with E-state index in [9.17, 15) is 14.0 Å². The molecular weight excluding hydrogens is 401 g/mol. The van der Waals surface area contributed by atoms with Gasteiger partial charge in [0.05, 0.1) is 5.39 Å². The summed E-state index contributed by atoms with van der Waals surface area (Å²) in [4.78, 5) is 35.4. The molecule has 0 bridgehead atoms. The van der Waals surface area contributed by atoms with Gasteiger partial charge < -0.3 is 20.4 Å². The number of aromatic amines is 1. The molecule has 9 heteroatoms. The van der Waals surface area contributed by atoms with Gasteiger partial charge in [0.25, 0.3) is 0 Å². The Hall–Kier alpha value is -4.27. The van der Waals surface area contributed by atoms with E-state index in [0.29, 0.717) is 22.6 Å². The molecule has 3 N–H and O–H groups in total. The monoisotopic (exact) mass is 419 g/mol. The summed E-state index contributed by atoms with van der Waals surface area (Å²) in [6, 6.07) is 11.0. The van der Waals surface area contributed by atoms with Gasteiger partial charge in [-0.25, -0.2) is 14.4 Å². The maximum absolute atomic E-state index is 14.5. The number of pyridine rings is 2. The van der Waals surface area contributed by atoms with Crippen molar-refractivity contribution in [3.05, 3.63) is 72.4 Å². The van der Waals surface area contributed by atoms with E-state index in [1.807, 2.05) is 0 Å². The third-order valence-electron chi connectivity index (χ3n) is 4.44. The van der Waals surface area contributed by atoms with Crippen LogP contribution in [0.1, 0.15) is 12.0 Å². The first-order valence-corrected chi connectivity index (χ1v) is 9.40. The SMILES string of the molecule is Cc1cccnc1NC(=O)CC(=O)Nc1ccc(Oc2ccnc3[nH]ccc23)c(F)c1. The van der Waals surface area contributed by atoms with Crippen LogP contribution in [-0.2, 0) is 9.59 Å². The van der Waals surface area contributed by atoms with Crippen molar-refractivity contribution in [1.29, 1.82) is 0 Å². The molecule has 0 radical (unpaired) electrons. The third-order valence-corrected chi connectivity index (χ3v) is 4.44. The fourth-order valence-corrected chi connectivity index (χ4v) is 2.95. The first-order chi connectivity index (χ1) is 15.0. The van der Waals surface area contributed by atoms with E-state index in [1.54, 1.807) is 49.8 Å². The van der Waals surface area contributed by atoms with Gasteiger partial charge in [-0.15, -0.1) is 0 Å². The van der Waals surface area contributed by atoms with Crippen LogP contribution in [0.5, 0.6) is 11.5 Å². The quantitative estimate of drug-likeness (QED) is 0.407. The zero-order chi connectivity index (χ0) is 21.8. The molecule has 31 heavy (non-hydrogen) atoms. The van der Waals surface area contributed by atoms with Crippen LogP contribution in [0.4, 0.5) is 15.9 Å². The van der Waals surface area contributed by atoms with Gasteiger partial charge in [0, 0.05) is 30.3 Å². The summed E-state index contributed by atoms with van der Waals surface area (Å²) < 4.78 is 20.2. The minimum Gasteiger partial charge on any atom is -0.453 e. The number of anilines is 2. The van der Waals surface area contributed by atoms with Crippen LogP contribution in [0.15, 0.2) is 61.1 Å². The number of H-pyrrole nitrogens is 1. The number of halogens is 1. The molecule has 0 fully saturated rings. The Labute approximate surface area is 176 Å². The number of aromatic nitrogens is 3. The van der Waals surface area contributed by atoms with E-state index in [0.717, 1.165) is 11.6 Å². The maximum atomic E-state index is 14.5. The second-order valence-electron chi connectivity index (χ2n) is 6.74. The van der Waals surface area contributed by atoms with Crippen LogP contribution in [0.2, 0.25) is 0 Å². The Morgan fingerprint density at radius 2 is 1.87 bits per heavy atom. The number of fused-ring (bicyclic) bond motifs is 1. The highest BCUT2D eigenvalue weighted by Gasteiger charge is 2.14. The molecule has 0 atom stereocenters. The van der Waals surface area contributed by atoms with E-state index in [2.05, 4.69) is 25.6 Å². The second kappa shape index (κ2) is 8.62. The summed E-state index contributed by atoms with van der Waals surface area (Å²) in [5, 5.41) is 5.79. The van der Waals surface area contributed by atoms with Crippen LogP contribution in [0.25, 0.3) is 11.0 Å². The van der Waals surface area contributed by atoms with E-state index in [-0.39, 0.29) is 11.4 Å². The number of aryl methyl sites for hydroxylation is 1. The number of rotatable bonds is 6. The molecule has 3 heterocycles. The van der Waals surface area contributed by atoms with Gasteiger partial charge in [-0.1, -0.05) is 6.07 Å². The van der Waals surface area contributed by atoms with E-state index < -0.39 is 24.1 Å². The van der Waals surface area contributed by atoms with Gasteiger partial charge in [0.2, 0.25) is 11.8 Å². The van der Waals surface area contributed by atoms with Crippen molar-refractivity contribution in [2.45, 2.75) is 13.3 Å². The normalized spacial score (nSPS) is 10.6. The van der Waals surface area contributed by atoms with Gasteiger partial charge in [-0.2, -0.15) is 0 Å². The molecule has 2 amide bonds. The summed E-state index contributed by atoms with van der Waals surface area (Å²) in [5.41, 5.74) is 1.61. The highest BCUT2D eigenvalue weighted by molar-refractivity contribution is 6.08. The average Bonchev–Trinajstić information content (AvgIpc) is 3.21. The Morgan fingerprint density at radius 3 is 2.68 bits per heavy atom. The predicted molar refractivity (Wildman–Crippen MR) is 113 cm³/mol. The van der Waals surface area contributed by atoms with Crippen LogP contribution >= 0.6 is 0 Å².